The zero-order valence-corrected chi connectivity index (χ0v) is 56.4. The van der Waals surface area contributed by atoms with E-state index in [4.69, 9.17) is 28.4 Å². The van der Waals surface area contributed by atoms with Gasteiger partial charge in [-0.15, -0.1) is 0 Å². The Hall–Kier alpha value is -5.52. The molecule has 6 saturated carbocycles. The van der Waals surface area contributed by atoms with E-state index in [0.29, 0.717) is 129 Å². The highest BCUT2D eigenvalue weighted by molar-refractivity contribution is 5.76. The molecule has 11 rings (SSSR count). The molecule has 0 bridgehead atoms. The molecule has 0 radical (unpaired) electrons. The van der Waals surface area contributed by atoms with Gasteiger partial charge < -0.3 is 43.1 Å². The lowest BCUT2D eigenvalue weighted by molar-refractivity contribution is -0.661. The number of benzene rings is 2. The van der Waals surface area contributed by atoms with Gasteiger partial charge in [0.1, 0.15) is 45.2 Å². The molecule has 0 N–H and O–H groups in total. The second kappa shape index (κ2) is 23.2. The fourth-order valence-electron chi connectivity index (χ4n) is 17.9. The zero-order chi connectivity index (χ0) is 65.3. The van der Waals surface area contributed by atoms with E-state index in [1.807, 2.05) is 137 Å². The van der Waals surface area contributed by atoms with Crippen molar-refractivity contribution in [1.29, 1.82) is 0 Å². The minimum atomic E-state index is -0.794. The average Bonchev–Trinajstić information content (AvgIpc) is 1.11. The van der Waals surface area contributed by atoms with Crippen LogP contribution in [0.5, 0.6) is 0 Å². The van der Waals surface area contributed by atoms with E-state index >= 15 is 8.78 Å². The maximum absolute atomic E-state index is 16.4. The number of rotatable bonds is 18. The van der Waals surface area contributed by atoms with Crippen molar-refractivity contribution in [3.8, 4) is 0 Å². The lowest BCUT2D eigenvalue weighted by Crippen LogP contribution is -3.10. The first kappa shape index (κ1) is 66.4. The minimum absolute atomic E-state index is 0.0271. The highest BCUT2D eigenvalue weighted by Gasteiger charge is 3.09. The number of likely N-dealkylation sites (tertiary alicyclic amines) is 3. The SMILES string of the molecule is CC(C)(C)OC(=O)[C@@H](Cc1cc(F)cc(CN(Cc2cc(F)cc(C[C@H](C(=O)OC(C)(C)C)[C@H]3CCN(C(=O)OC(C)(C)C)C3)c2)CC23C4C5C6C4C2C6(C[C@H](C(=O)OC(C)(C)C)[C@H]2CCN(C(=O)OC(C)(C)C)C2)C53)c1)[C@H]1CCN(C(=O)OC(C)(C)C)C1. The van der Waals surface area contributed by atoms with Gasteiger partial charge in [-0.3, -0.25) is 19.3 Å². The third-order valence-electron chi connectivity index (χ3n) is 20.3. The summed E-state index contributed by atoms with van der Waals surface area (Å²) in [6.45, 7) is 36.6. The van der Waals surface area contributed by atoms with Crippen molar-refractivity contribution in [3.63, 3.8) is 0 Å². The van der Waals surface area contributed by atoms with Gasteiger partial charge in [-0.25, -0.2) is 23.2 Å². The van der Waals surface area contributed by atoms with E-state index in [9.17, 15) is 28.8 Å². The fraction of sp³-hybridized carbons (Fsp3) is 0.746. The standard InChI is InChI=1S/C71H102F2N4O12/c1-64(2,3)84-58(78)49(44-19-22-75(36-44)61(81)87-67(10,11)12)31-40-25-42(29-47(72)27-40)34-74(35-43-26-41(28-48(73)30-43)32-50(59(79)85-65(4,5)6)45-20-23-76(37-45)62(82)88-68(13,14)15)39-71-55-52-54-53(55)57(71)70(54,56(52)71)33-51(60(80)86-66(7,8)9)46-21-24-77(38-46)63(83)89-69(16,17)18/h25-30,44-46,49-57H,19-24,31-39H2,1-18H3/t44-,45-,46-,49-,50-,51-,52?,53?,54?,55?,56?,57?,70?,71?/m0/s1. The summed E-state index contributed by atoms with van der Waals surface area (Å²) in [5.41, 5.74) is -1.82. The number of nitrogens with zero attached hydrogens (tertiary/aromatic N) is 4. The maximum atomic E-state index is 16.4. The Morgan fingerprint density at radius 1 is 0.449 bits per heavy atom. The summed E-state index contributed by atoms with van der Waals surface area (Å²) in [6.07, 6.45) is 1.53. The van der Waals surface area contributed by atoms with Crippen molar-refractivity contribution in [3.05, 3.63) is 70.3 Å². The lowest BCUT2D eigenvalue weighted by atomic mass is 8.91. The normalized spacial score (nSPS) is 29.4. The molecule has 9 aliphatic rings. The summed E-state index contributed by atoms with van der Waals surface area (Å²) in [6, 6.07) is 9.96. The molecule has 0 spiro atoms. The first-order chi connectivity index (χ1) is 41.0. The molecule has 16 nitrogen and oxygen atoms in total. The Labute approximate surface area is 527 Å². The molecular formula is C71H102F2N4O12. The summed E-state index contributed by atoms with van der Waals surface area (Å²) >= 11 is 0. The van der Waals surface area contributed by atoms with Gasteiger partial charge in [-0.2, -0.15) is 0 Å². The van der Waals surface area contributed by atoms with E-state index < -0.39 is 87.1 Å². The molecule has 4 unspecified atom stereocenters. The van der Waals surface area contributed by atoms with Crippen molar-refractivity contribution in [2.75, 3.05) is 45.8 Å². The van der Waals surface area contributed by atoms with Crippen LogP contribution in [0.25, 0.3) is 0 Å². The predicted octanol–water partition coefficient (Wildman–Crippen LogP) is 12.8. The van der Waals surface area contributed by atoms with E-state index in [2.05, 4.69) is 4.90 Å². The van der Waals surface area contributed by atoms with Gasteiger partial charge in [0, 0.05) is 58.9 Å². The molecular weight excluding hydrogens is 1140 g/mol. The average molecular weight is 1240 g/mol. The van der Waals surface area contributed by atoms with Crippen LogP contribution in [0, 0.1) is 93.5 Å². The van der Waals surface area contributed by atoms with Crippen molar-refractivity contribution >= 4 is 36.2 Å². The van der Waals surface area contributed by atoms with E-state index in [0.717, 1.165) is 0 Å². The third-order valence-corrected chi connectivity index (χ3v) is 20.3. The molecule has 2 aromatic carbocycles. The van der Waals surface area contributed by atoms with Crippen LogP contribution in [0.2, 0.25) is 0 Å². The number of carbonyl (C=O) groups excluding carboxylic acids is 6. The van der Waals surface area contributed by atoms with E-state index in [1.54, 1.807) is 14.7 Å². The van der Waals surface area contributed by atoms with Gasteiger partial charge in [-0.1, -0.05) is 12.1 Å². The van der Waals surface area contributed by atoms with E-state index in [-0.39, 0.29) is 66.6 Å². The molecule has 9 fully saturated rings. The summed E-state index contributed by atoms with van der Waals surface area (Å²) in [7, 11) is 0. The highest BCUT2D eigenvalue weighted by Crippen LogP contribution is 3.11. The van der Waals surface area contributed by atoms with Crippen LogP contribution in [0.3, 0.4) is 0 Å². The number of halogens is 2. The molecule has 3 amide bonds. The Kier molecular flexibility index (Phi) is 17.3. The second-order valence-electron chi connectivity index (χ2n) is 33.9. The van der Waals surface area contributed by atoms with Gasteiger partial charge in [0.25, 0.3) is 0 Å². The second-order valence-corrected chi connectivity index (χ2v) is 33.9. The minimum Gasteiger partial charge on any atom is -0.460 e. The van der Waals surface area contributed by atoms with Gasteiger partial charge >= 0.3 is 36.2 Å². The van der Waals surface area contributed by atoms with Gasteiger partial charge in [0.05, 0.1) is 17.8 Å². The van der Waals surface area contributed by atoms with Crippen LogP contribution >= 0.6 is 0 Å². The molecule has 3 aliphatic heterocycles. The third kappa shape index (κ3) is 13.7. The van der Waals surface area contributed by atoms with Gasteiger partial charge in [0.15, 0.2) is 0 Å². The van der Waals surface area contributed by atoms with Crippen molar-refractivity contribution in [2.24, 2.45) is 81.8 Å². The molecule has 10 atom stereocenters. The molecule has 0 aromatic heterocycles. The van der Waals surface area contributed by atoms with Crippen molar-refractivity contribution in [2.45, 2.75) is 210 Å². The summed E-state index contributed by atoms with van der Waals surface area (Å²) in [5.74, 6) is -1.46. The summed E-state index contributed by atoms with van der Waals surface area (Å²) in [5, 5.41) is 0. The first-order valence-corrected chi connectivity index (χ1v) is 32.9. The quantitative estimate of drug-likeness (QED) is 0.102. The number of ether oxygens (including phenoxy) is 6. The molecule has 3 heterocycles. The number of hydrogen-bond acceptors (Lipinski definition) is 13. The van der Waals surface area contributed by atoms with Crippen molar-refractivity contribution in [1.82, 2.24) is 19.6 Å². The van der Waals surface area contributed by atoms with Crippen molar-refractivity contribution < 1.29 is 66.0 Å². The fourth-order valence-corrected chi connectivity index (χ4v) is 17.9. The Morgan fingerprint density at radius 2 is 0.753 bits per heavy atom. The molecule has 18 heteroatoms. The lowest BCUT2D eigenvalue weighted by Gasteiger charge is -3.12. The van der Waals surface area contributed by atoms with Crippen LogP contribution in [0.1, 0.15) is 173 Å². The highest BCUT2D eigenvalue weighted by atomic mass is 19.1. The van der Waals surface area contributed by atoms with Crippen LogP contribution in [0.15, 0.2) is 36.4 Å². The Balaban J connectivity index is 0.945. The van der Waals surface area contributed by atoms with Crippen LogP contribution in [-0.4, -0.2) is 135 Å². The maximum Gasteiger partial charge on any atom is 0.410 e. The number of hydrogen-bond donors (Lipinski definition) is 0. The van der Waals surface area contributed by atoms with Gasteiger partial charge in [-0.05, 0) is 274 Å². The van der Waals surface area contributed by atoms with E-state index in [1.165, 1.54) is 24.3 Å². The molecule has 3 saturated heterocycles. The topological polar surface area (TPSA) is 171 Å². The number of carbonyl (C=O) groups is 6. The van der Waals surface area contributed by atoms with Crippen LogP contribution in [-0.2, 0) is 68.7 Å². The monoisotopic (exact) mass is 1240 g/mol. The summed E-state index contributed by atoms with van der Waals surface area (Å²) in [4.78, 5) is 90.3. The first-order valence-electron chi connectivity index (χ1n) is 32.9. The Bertz CT molecular complexity index is 2920. The largest absolute Gasteiger partial charge is 0.460 e. The number of amides is 3. The predicted molar refractivity (Wildman–Crippen MR) is 330 cm³/mol. The summed E-state index contributed by atoms with van der Waals surface area (Å²) < 4.78 is 68.4. The molecule has 6 aliphatic carbocycles. The molecule has 2 aromatic rings. The Morgan fingerprint density at radius 3 is 1.09 bits per heavy atom. The van der Waals surface area contributed by atoms with Crippen LogP contribution in [0.4, 0.5) is 23.2 Å². The zero-order valence-electron chi connectivity index (χ0n) is 56.4. The van der Waals surface area contributed by atoms with Gasteiger partial charge in [0.2, 0.25) is 0 Å². The molecule has 492 valence electrons. The molecule has 89 heavy (non-hydrogen) atoms. The number of esters is 3. The smallest absolute Gasteiger partial charge is 0.410 e. The van der Waals surface area contributed by atoms with Crippen LogP contribution < -0.4 is 0 Å².